The van der Waals surface area contributed by atoms with E-state index in [2.05, 4.69) is 31.9 Å². The van der Waals surface area contributed by atoms with Crippen molar-refractivity contribution in [2.75, 3.05) is 45.8 Å². The minimum atomic E-state index is -1.25. The Kier molecular flexibility index (Phi) is 15.2. The molecule has 0 aliphatic rings. The van der Waals surface area contributed by atoms with Gasteiger partial charge in [0.15, 0.2) is 0 Å². The predicted octanol–water partition coefficient (Wildman–Crippen LogP) is -5.32. The van der Waals surface area contributed by atoms with E-state index < -0.39 is 80.7 Å². The molecule has 0 heterocycles. The van der Waals surface area contributed by atoms with Gasteiger partial charge in [0.1, 0.15) is 6.54 Å². The quantitative estimate of drug-likeness (QED) is 0.103. The van der Waals surface area contributed by atoms with Crippen molar-refractivity contribution in [1.82, 2.24) is 37.2 Å². The molecule has 0 radical (unpaired) electrons. The Labute approximate surface area is 194 Å². The monoisotopic (exact) mass is 487 g/mol. The van der Waals surface area contributed by atoms with Crippen LogP contribution in [-0.2, 0) is 38.4 Å². The van der Waals surface area contributed by atoms with E-state index in [-0.39, 0.29) is 18.9 Å². The Morgan fingerprint density at radius 2 is 0.676 bits per heavy atom. The van der Waals surface area contributed by atoms with Crippen molar-refractivity contribution in [2.45, 2.75) is 19.8 Å². The summed E-state index contributed by atoms with van der Waals surface area (Å²) >= 11 is 0. The Bertz CT molecular complexity index is 786. The van der Waals surface area contributed by atoms with Crippen molar-refractivity contribution in [3.05, 3.63) is 0 Å². The van der Waals surface area contributed by atoms with E-state index in [4.69, 9.17) is 5.11 Å². The van der Waals surface area contributed by atoms with Gasteiger partial charge >= 0.3 is 5.97 Å². The number of amides is 7. The molecule has 0 aliphatic heterocycles. The van der Waals surface area contributed by atoms with Crippen LogP contribution in [0.5, 0.6) is 0 Å². The summed E-state index contributed by atoms with van der Waals surface area (Å²) in [6.07, 6.45) is 0.912. The summed E-state index contributed by atoms with van der Waals surface area (Å²) in [5.74, 6) is -5.65. The van der Waals surface area contributed by atoms with Crippen LogP contribution in [0.15, 0.2) is 0 Å². The normalized spacial score (nSPS) is 9.68. The molecule has 7 amide bonds. The van der Waals surface area contributed by atoms with Crippen molar-refractivity contribution in [1.29, 1.82) is 0 Å². The minimum Gasteiger partial charge on any atom is -0.480 e. The lowest BCUT2D eigenvalue weighted by Gasteiger charge is -2.09. The SMILES string of the molecule is CCCC(=O)NCC(=O)NCC(=O)NCC(=O)NCC(=O)NCC(=O)NCC(=O)NCC(=O)O. The van der Waals surface area contributed by atoms with Gasteiger partial charge in [-0.2, -0.15) is 0 Å². The predicted molar refractivity (Wildman–Crippen MR) is 114 cm³/mol. The highest BCUT2D eigenvalue weighted by Gasteiger charge is 2.11. The van der Waals surface area contributed by atoms with E-state index in [1.807, 2.05) is 12.2 Å². The van der Waals surface area contributed by atoms with E-state index in [0.29, 0.717) is 6.42 Å². The van der Waals surface area contributed by atoms with E-state index in [1.165, 1.54) is 0 Å². The van der Waals surface area contributed by atoms with Crippen LogP contribution in [-0.4, -0.2) is 98.2 Å². The first kappa shape index (κ1) is 29.8. The molecule has 0 unspecified atom stereocenters. The van der Waals surface area contributed by atoms with Crippen LogP contribution in [0, 0.1) is 0 Å². The van der Waals surface area contributed by atoms with Gasteiger partial charge in [0.2, 0.25) is 41.4 Å². The number of carboxylic acids is 1. The Morgan fingerprint density at radius 3 is 0.912 bits per heavy atom. The molecule has 0 atom stereocenters. The number of carboxylic acid groups (broad SMARTS) is 1. The summed E-state index contributed by atoms with van der Waals surface area (Å²) in [7, 11) is 0. The van der Waals surface area contributed by atoms with Crippen molar-refractivity contribution in [3.8, 4) is 0 Å². The number of carbonyl (C=O) groups excluding carboxylic acids is 7. The lowest BCUT2D eigenvalue weighted by atomic mass is 10.3. The van der Waals surface area contributed by atoms with Crippen molar-refractivity contribution >= 4 is 47.3 Å². The maximum atomic E-state index is 11.6. The molecule has 16 nitrogen and oxygen atoms in total. The van der Waals surface area contributed by atoms with E-state index in [0.717, 1.165) is 0 Å². The average Bonchev–Trinajstić information content (AvgIpc) is 2.79. The highest BCUT2D eigenvalue weighted by atomic mass is 16.4. The molecule has 0 bridgehead atoms. The van der Waals surface area contributed by atoms with Crippen molar-refractivity contribution in [2.24, 2.45) is 0 Å². The van der Waals surface area contributed by atoms with E-state index >= 15 is 0 Å². The molecule has 0 fully saturated rings. The van der Waals surface area contributed by atoms with Crippen LogP contribution in [0.4, 0.5) is 0 Å². The molecule has 0 spiro atoms. The first-order valence-corrected chi connectivity index (χ1v) is 10.1. The number of rotatable bonds is 16. The van der Waals surface area contributed by atoms with Crippen LogP contribution < -0.4 is 37.2 Å². The second kappa shape index (κ2) is 17.3. The van der Waals surface area contributed by atoms with Gasteiger partial charge < -0.3 is 42.3 Å². The third kappa shape index (κ3) is 17.4. The van der Waals surface area contributed by atoms with Gasteiger partial charge in [-0.15, -0.1) is 0 Å². The fourth-order valence-corrected chi connectivity index (χ4v) is 1.94. The summed E-state index contributed by atoms with van der Waals surface area (Å²) in [6, 6.07) is 0. The number of nitrogens with one attached hydrogen (secondary N) is 7. The molecule has 8 N–H and O–H groups in total. The molecule has 0 aromatic rings. The Hall–Kier alpha value is -4.24. The largest absolute Gasteiger partial charge is 0.480 e. The van der Waals surface area contributed by atoms with Crippen molar-refractivity contribution < 1.29 is 43.5 Å². The third-order valence-corrected chi connectivity index (χ3v) is 3.59. The lowest BCUT2D eigenvalue weighted by molar-refractivity contribution is -0.137. The third-order valence-electron chi connectivity index (χ3n) is 3.59. The Balaban J connectivity index is 3.90. The molecule has 0 rings (SSSR count). The molecule has 34 heavy (non-hydrogen) atoms. The fourth-order valence-electron chi connectivity index (χ4n) is 1.94. The summed E-state index contributed by atoms with van der Waals surface area (Å²) in [5.41, 5.74) is 0. The zero-order chi connectivity index (χ0) is 25.9. The van der Waals surface area contributed by atoms with Gasteiger partial charge in [-0.25, -0.2) is 0 Å². The molecule has 0 aromatic heterocycles. The standard InChI is InChI=1S/C18H29N7O9/c1-2-3-11(26)19-4-12(27)20-5-13(28)21-6-14(29)22-7-15(30)23-8-16(31)24-9-17(32)25-10-18(33)34/h2-10H2,1H3,(H,19,26)(H,20,27)(H,21,28)(H,22,29)(H,23,30)(H,24,31)(H,25,32)(H,33,34). The number of hydrogen-bond acceptors (Lipinski definition) is 8. The first-order valence-electron chi connectivity index (χ1n) is 10.1. The van der Waals surface area contributed by atoms with Gasteiger partial charge in [0, 0.05) is 6.42 Å². The van der Waals surface area contributed by atoms with Gasteiger partial charge in [-0.05, 0) is 6.42 Å². The van der Waals surface area contributed by atoms with Gasteiger partial charge in [0.05, 0.1) is 39.3 Å². The van der Waals surface area contributed by atoms with Crippen LogP contribution >= 0.6 is 0 Å². The second-order valence-corrected chi connectivity index (χ2v) is 6.58. The summed E-state index contributed by atoms with van der Waals surface area (Å²) in [5, 5.41) is 23.8. The molecule has 16 heteroatoms. The molecule has 0 saturated carbocycles. The summed E-state index contributed by atoms with van der Waals surface area (Å²) < 4.78 is 0. The van der Waals surface area contributed by atoms with E-state index in [9.17, 15) is 38.4 Å². The zero-order valence-corrected chi connectivity index (χ0v) is 18.6. The second-order valence-electron chi connectivity index (χ2n) is 6.58. The van der Waals surface area contributed by atoms with E-state index in [1.54, 1.807) is 0 Å². The highest BCUT2D eigenvalue weighted by Crippen LogP contribution is 1.84. The molecule has 0 aliphatic carbocycles. The molecule has 190 valence electrons. The van der Waals surface area contributed by atoms with Gasteiger partial charge in [0.25, 0.3) is 0 Å². The summed E-state index contributed by atoms with van der Waals surface area (Å²) in [4.78, 5) is 90.7. The van der Waals surface area contributed by atoms with Crippen LogP contribution in [0.3, 0.4) is 0 Å². The van der Waals surface area contributed by atoms with Crippen LogP contribution in [0.25, 0.3) is 0 Å². The smallest absolute Gasteiger partial charge is 0.322 e. The number of carbonyl (C=O) groups is 8. The summed E-state index contributed by atoms with van der Waals surface area (Å²) in [6.45, 7) is -1.42. The maximum absolute atomic E-state index is 11.6. The van der Waals surface area contributed by atoms with Crippen LogP contribution in [0.1, 0.15) is 19.8 Å². The van der Waals surface area contributed by atoms with Crippen LogP contribution in [0.2, 0.25) is 0 Å². The molecular weight excluding hydrogens is 458 g/mol. The van der Waals surface area contributed by atoms with Gasteiger partial charge in [-0.1, -0.05) is 6.92 Å². The number of aliphatic carboxylic acids is 1. The Morgan fingerprint density at radius 1 is 0.441 bits per heavy atom. The first-order chi connectivity index (χ1) is 16.0. The van der Waals surface area contributed by atoms with Gasteiger partial charge in [-0.3, -0.25) is 38.4 Å². The highest BCUT2D eigenvalue weighted by molar-refractivity contribution is 5.92. The lowest BCUT2D eigenvalue weighted by Crippen LogP contribution is -2.47. The molecular formula is C18H29N7O9. The number of hydrogen-bond donors (Lipinski definition) is 8. The topological polar surface area (TPSA) is 241 Å². The zero-order valence-electron chi connectivity index (χ0n) is 18.6. The molecule has 0 saturated heterocycles. The average molecular weight is 487 g/mol. The maximum Gasteiger partial charge on any atom is 0.322 e. The minimum absolute atomic E-state index is 0.280. The van der Waals surface area contributed by atoms with Crippen molar-refractivity contribution in [3.63, 3.8) is 0 Å². The molecule has 0 aromatic carbocycles. The fraction of sp³-hybridized carbons (Fsp3) is 0.556.